The van der Waals surface area contributed by atoms with E-state index in [4.69, 9.17) is 0 Å². The van der Waals surface area contributed by atoms with E-state index < -0.39 is 10.0 Å². The summed E-state index contributed by atoms with van der Waals surface area (Å²) in [6.45, 7) is 4.29. The first-order chi connectivity index (χ1) is 12.5. The summed E-state index contributed by atoms with van der Waals surface area (Å²) < 4.78 is 28.1. The van der Waals surface area contributed by atoms with E-state index in [1.807, 2.05) is 56.3 Å². The van der Waals surface area contributed by atoms with Gasteiger partial charge in [0, 0.05) is 12.5 Å². The van der Waals surface area contributed by atoms with Crippen molar-refractivity contribution >= 4 is 10.0 Å². The van der Waals surface area contributed by atoms with E-state index in [2.05, 4.69) is 29.0 Å². The first kappa shape index (κ1) is 18.4. The highest BCUT2D eigenvalue weighted by Crippen LogP contribution is 2.25. The van der Waals surface area contributed by atoms with Crippen molar-refractivity contribution in [1.82, 2.24) is 4.72 Å². The minimum absolute atomic E-state index is 0.0444. The van der Waals surface area contributed by atoms with Gasteiger partial charge in [0.05, 0.1) is 4.90 Å². The Morgan fingerprint density at radius 2 is 1.23 bits per heavy atom. The van der Waals surface area contributed by atoms with Gasteiger partial charge in [0.2, 0.25) is 10.0 Å². The summed E-state index contributed by atoms with van der Waals surface area (Å²) in [5.41, 5.74) is 4.39. The molecule has 0 amide bonds. The van der Waals surface area contributed by atoms with Crippen molar-refractivity contribution in [3.05, 3.63) is 101 Å². The van der Waals surface area contributed by atoms with Crippen LogP contribution in [-0.2, 0) is 10.0 Å². The fraction of sp³-hybridized carbons (Fsp3) is 0.182. The molecule has 1 N–H and O–H groups in total. The van der Waals surface area contributed by atoms with Crippen LogP contribution in [0.15, 0.2) is 83.8 Å². The second-order valence-corrected chi connectivity index (χ2v) is 8.31. The zero-order valence-electron chi connectivity index (χ0n) is 15.0. The highest BCUT2D eigenvalue weighted by molar-refractivity contribution is 7.89. The van der Waals surface area contributed by atoms with E-state index in [0.29, 0.717) is 11.4 Å². The van der Waals surface area contributed by atoms with Crippen LogP contribution in [0.2, 0.25) is 0 Å². The number of benzene rings is 3. The van der Waals surface area contributed by atoms with Crippen molar-refractivity contribution in [3.8, 4) is 0 Å². The molecule has 1 atom stereocenters. The largest absolute Gasteiger partial charge is 0.240 e. The van der Waals surface area contributed by atoms with Gasteiger partial charge in [-0.25, -0.2) is 13.1 Å². The number of aryl methyl sites for hydroxylation is 2. The van der Waals surface area contributed by atoms with Crippen molar-refractivity contribution in [3.63, 3.8) is 0 Å². The van der Waals surface area contributed by atoms with Crippen LogP contribution in [0.1, 0.15) is 28.2 Å². The maximum atomic E-state index is 12.7. The third-order valence-electron chi connectivity index (χ3n) is 4.49. The average Bonchev–Trinajstić information content (AvgIpc) is 2.64. The first-order valence-electron chi connectivity index (χ1n) is 8.63. The standard InChI is InChI=1S/C22H23NO2S/c1-17-8-12-20(13-9-17)22(19-6-4-3-5-7-19)16-23-26(24,25)21-14-10-18(2)11-15-21/h3-15,22-23H,16H2,1-2H3. The second-order valence-electron chi connectivity index (χ2n) is 6.54. The van der Waals surface area contributed by atoms with Crippen LogP contribution in [0.5, 0.6) is 0 Å². The van der Waals surface area contributed by atoms with Gasteiger partial charge in [-0.05, 0) is 37.1 Å². The Morgan fingerprint density at radius 1 is 0.731 bits per heavy atom. The molecule has 0 aliphatic carbocycles. The van der Waals surface area contributed by atoms with Crippen LogP contribution in [0.4, 0.5) is 0 Å². The lowest BCUT2D eigenvalue weighted by molar-refractivity contribution is 0.577. The molecule has 0 saturated carbocycles. The molecule has 0 aromatic heterocycles. The summed E-state index contributed by atoms with van der Waals surface area (Å²) in [6, 6.07) is 25.1. The summed E-state index contributed by atoms with van der Waals surface area (Å²) in [7, 11) is -3.55. The second kappa shape index (κ2) is 7.85. The predicted octanol–water partition coefficient (Wildman–Crippen LogP) is 4.41. The monoisotopic (exact) mass is 365 g/mol. The summed E-state index contributed by atoms with van der Waals surface area (Å²) in [6.07, 6.45) is 0. The fourth-order valence-electron chi connectivity index (χ4n) is 2.91. The quantitative estimate of drug-likeness (QED) is 0.703. The van der Waals surface area contributed by atoms with Gasteiger partial charge < -0.3 is 0 Å². The van der Waals surface area contributed by atoms with Gasteiger partial charge >= 0.3 is 0 Å². The highest BCUT2D eigenvalue weighted by atomic mass is 32.2. The summed E-state index contributed by atoms with van der Waals surface area (Å²) >= 11 is 0. The van der Waals surface area contributed by atoms with Gasteiger partial charge in [0.15, 0.2) is 0 Å². The molecule has 0 saturated heterocycles. The molecule has 1 unspecified atom stereocenters. The molecular formula is C22H23NO2S. The maximum absolute atomic E-state index is 12.7. The Labute approximate surface area is 155 Å². The molecule has 3 rings (SSSR count). The molecule has 4 heteroatoms. The third kappa shape index (κ3) is 4.40. The molecule has 0 radical (unpaired) electrons. The third-order valence-corrected chi connectivity index (χ3v) is 5.93. The summed E-state index contributed by atoms with van der Waals surface area (Å²) in [5, 5.41) is 0. The summed E-state index contributed by atoms with van der Waals surface area (Å²) in [4.78, 5) is 0.291. The number of hydrogen-bond acceptors (Lipinski definition) is 2. The minimum Gasteiger partial charge on any atom is -0.210 e. The first-order valence-corrected chi connectivity index (χ1v) is 10.1. The Hall–Kier alpha value is -2.43. The molecule has 3 aromatic carbocycles. The molecule has 26 heavy (non-hydrogen) atoms. The lowest BCUT2D eigenvalue weighted by Crippen LogP contribution is -2.29. The van der Waals surface area contributed by atoms with E-state index in [1.54, 1.807) is 12.1 Å². The van der Waals surface area contributed by atoms with E-state index in [-0.39, 0.29) is 5.92 Å². The zero-order chi connectivity index (χ0) is 18.6. The average molecular weight is 365 g/mol. The Balaban J connectivity index is 1.86. The Bertz CT molecular complexity index is 947. The van der Waals surface area contributed by atoms with Crippen LogP contribution in [0.25, 0.3) is 0 Å². The number of hydrogen-bond donors (Lipinski definition) is 1. The predicted molar refractivity (Wildman–Crippen MR) is 106 cm³/mol. The Morgan fingerprint density at radius 3 is 1.81 bits per heavy atom. The molecule has 0 aliphatic rings. The van der Waals surface area contributed by atoms with Crippen LogP contribution in [0, 0.1) is 13.8 Å². The van der Waals surface area contributed by atoms with Gasteiger partial charge in [-0.15, -0.1) is 0 Å². The van der Waals surface area contributed by atoms with E-state index >= 15 is 0 Å². The molecule has 0 fully saturated rings. The van der Waals surface area contributed by atoms with Gasteiger partial charge in [-0.1, -0.05) is 77.9 Å². The molecular weight excluding hydrogens is 342 g/mol. The molecule has 3 nitrogen and oxygen atoms in total. The van der Waals surface area contributed by atoms with E-state index in [0.717, 1.165) is 16.7 Å². The number of nitrogens with one attached hydrogen (secondary N) is 1. The lowest BCUT2D eigenvalue weighted by atomic mass is 9.91. The van der Waals surface area contributed by atoms with Gasteiger partial charge in [0.25, 0.3) is 0 Å². The van der Waals surface area contributed by atoms with Crippen molar-refractivity contribution in [2.45, 2.75) is 24.7 Å². The molecule has 0 bridgehead atoms. The zero-order valence-corrected chi connectivity index (χ0v) is 15.8. The van der Waals surface area contributed by atoms with Gasteiger partial charge in [0.1, 0.15) is 0 Å². The molecule has 3 aromatic rings. The molecule has 0 heterocycles. The highest BCUT2D eigenvalue weighted by Gasteiger charge is 2.19. The number of rotatable bonds is 6. The maximum Gasteiger partial charge on any atom is 0.240 e. The van der Waals surface area contributed by atoms with Gasteiger partial charge in [-0.2, -0.15) is 0 Å². The van der Waals surface area contributed by atoms with Crippen LogP contribution in [-0.4, -0.2) is 15.0 Å². The van der Waals surface area contributed by atoms with Crippen molar-refractivity contribution in [2.24, 2.45) is 0 Å². The Kier molecular flexibility index (Phi) is 5.55. The van der Waals surface area contributed by atoms with Crippen molar-refractivity contribution < 1.29 is 8.42 Å². The molecule has 0 spiro atoms. The fourth-order valence-corrected chi connectivity index (χ4v) is 3.95. The van der Waals surface area contributed by atoms with Crippen LogP contribution in [0.3, 0.4) is 0 Å². The van der Waals surface area contributed by atoms with Crippen molar-refractivity contribution in [2.75, 3.05) is 6.54 Å². The smallest absolute Gasteiger partial charge is 0.210 e. The molecule has 134 valence electrons. The van der Waals surface area contributed by atoms with Gasteiger partial charge in [-0.3, -0.25) is 0 Å². The topological polar surface area (TPSA) is 46.2 Å². The SMILES string of the molecule is Cc1ccc(C(CNS(=O)(=O)c2ccc(C)cc2)c2ccccc2)cc1. The lowest BCUT2D eigenvalue weighted by Gasteiger charge is -2.19. The normalized spacial score (nSPS) is 12.7. The number of sulfonamides is 1. The van der Waals surface area contributed by atoms with E-state index in [1.165, 1.54) is 5.56 Å². The summed E-state index contributed by atoms with van der Waals surface area (Å²) in [5.74, 6) is -0.0444. The van der Waals surface area contributed by atoms with Crippen LogP contribution >= 0.6 is 0 Å². The minimum atomic E-state index is -3.55. The molecule has 0 aliphatic heterocycles. The van der Waals surface area contributed by atoms with Crippen LogP contribution < -0.4 is 4.72 Å². The van der Waals surface area contributed by atoms with Crippen molar-refractivity contribution in [1.29, 1.82) is 0 Å². The van der Waals surface area contributed by atoms with E-state index in [9.17, 15) is 8.42 Å².